The number of H-pyrrole nitrogens is 1. The number of hydrogen-bond acceptors (Lipinski definition) is 3. The van der Waals surface area contributed by atoms with Crippen LogP contribution in [0.1, 0.15) is 30.9 Å². The molecule has 0 atom stereocenters. The zero-order valence-electron chi connectivity index (χ0n) is 11.9. The molecule has 2 heterocycles. The number of fused-ring (bicyclic) bond motifs is 1. The topological polar surface area (TPSA) is 37.8 Å². The van der Waals surface area contributed by atoms with E-state index in [1.165, 1.54) is 16.9 Å². The molecule has 3 rings (SSSR count). The summed E-state index contributed by atoms with van der Waals surface area (Å²) < 4.78 is 2.82. The molecule has 0 aliphatic heterocycles. The lowest BCUT2D eigenvalue weighted by atomic mass is 10.0. The molecule has 3 aromatic rings. The molecule has 0 amide bonds. The Morgan fingerprint density at radius 3 is 2.62 bits per heavy atom. The molecule has 1 N–H and O–H groups in total. The van der Waals surface area contributed by atoms with Gasteiger partial charge in [-0.25, -0.2) is 0 Å². The van der Waals surface area contributed by atoms with Crippen molar-refractivity contribution in [2.24, 2.45) is 0 Å². The van der Waals surface area contributed by atoms with Gasteiger partial charge < -0.3 is 4.98 Å². The van der Waals surface area contributed by atoms with Gasteiger partial charge in [-0.15, -0.1) is 11.3 Å². The van der Waals surface area contributed by atoms with Gasteiger partial charge in [0, 0.05) is 0 Å². The zero-order chi connectivity index (χ0) is 15.0. The van der Waals surface area contributed by atoms with E-state index in [1.54, 1.807) is 4.57 Å². The number of hydrogen-bond donors (Lipinski definition) is 1. The van der Waals surface area contributed by atoms with Gasteiger partial charge in [0.15, 0.2) is 4.77 Å². The summed E-state index contributed by atoms with van der Waals surface area (Å²) in [6.45, 7) is 4.83. The summed E-state index contributed by atoms with van der Waals surface area (Å²) in [7, 11) is 0. The molecular weight excluding hydrogens is 300 g/mol. The molecule has 0 radical (unpaired) electrons. The van der Waals surface area contributed by atoms with Crippen LogP contribution in [0.3, 0.4) is 0 Å². The van der Waals surface area contributed by atoms with Gasteiger partial charge in [-0.2, -0.15) is 0 Å². The van der Waals surface area contributed by atoms with Crippen molar-refractivity contribution in [2.45, 2.75) is 26.3 Å². The van der Waals surface area contributed by atoms with Crippen molar-refractivity contribution in [3.05, 3.63) is 62.0 Å². The molecule has 0 fully saturated rings. The minimum absolute atomic E-state index is 0.0170. The van der Waals surface area contributed by atoms with E-state index in [1.807, 2.05) is 11.4 Å². The summed E-state index contributed by atoms with van der Waals surface area (Å²) in [6, 6.07) is 10.2. The van der Waals surface area contributed by atoms with Crippen LogP contribution in [0.15, 0.2) is 40.5 Å². The van der Waals surface area contributed by atoms with Crippen molar-refractivity contribution in [1.29, 1.82) is 0 Å². The normalized spacial score (nSPS) is 11.4. The van der Waals surface area contributed by atoms with Crippen molar-refractivity contribution in [1.82, 2.24) is 9.55 Å². The number of thiophene rings is 1. The van der Waals surface area contributed by atoms with Crippen LogP contribution >= 0.6 is 23.6 Å². The van der Waals surface area contributed by atoms with E-state index in [2.05, 4.69) is 43.1 Å². The van der Waals surface area contributed by atoms with Gasteiger partial charge in [-0.1, -0.05) is 38.1 Å². The number of aromatic nitrogens is 2. The van der Waals surface area contributed by atoms with Gasteiger partial charge in [-0.05, 0) is 40.7 Å². The highest BCUT2D eigenvalue weighted by Gasteiger charge is 2.07. The SMILES string of the molecule is CC(C)c1ccc(Cn2c(=S)[nH]c3ccsc3c2=O)cc1. The number of aromatic amines is 1. The highest BCUT2D eigenvalue weighted by molar-refractivity contribution is 7.71. The summed E-state index contributed by atoms with van der Waals surface area (Å²) in [6.07, 6.45) is 0. The standard InChI is InChI=1S/C16H16N2OS2/c1-10(2)12-5-3-11(4-6-12)9-18-15(19)14-13(7-8-21-14)17-16(18)20/h3-8,10H,9H2,1-2H3,(H,17,20). The lowest BCUT2D eigenvalue weighted by molar-refractivity contribution is 0.734. The third-order valence-corrected chi connectivity index (χ3v) is 4.80. The van der Waals surface area contributed by atoms with E-state index in [9.17, 15) is 4.79 Å². The molecule has 0 bridgehead atoms. The largest absolute Gasteiger partial charge is 0.331 e. The highest BCUT2D eigenvalue weighted by Crippen LogP contribution is 2.16. The van der Waals surface area contributed by atoms with Crippen LogP contribution < -0.4 is 5.56 Å². The van der Waals surface area contributed by atoms with E-state index in [0.717, 1.165) is 15.8 Å². The Morgan fingerprint density at radius 1 is 1.24 bits per heavy atom. The van der Waals surface area contributed by atoms with Crippen LogP contribution in [-0.2, 0) is 6.54 Å². The first-order valence-electron chi connectivity index (χ1n) is 6.85. The van der Waals surface area contributed by atoms with Crippen molar-refractivity contribution in [2.75, 3.05) is 0 Å². The molecule has 0 saturated heterocycles. The fraction of sp³-hybridized carbons (Fsp3) is 0.250. The van der Waals surface area contributed by atoms with Crippen molar-refractivity contribution < 1.29 is 0 Å². The van der Waals surface area contributed by atoms with E-state index in [0.29, 0.717) is 17.2 Å². The third-order valence-electron chi connectivity index (χ3n) is 3.58. The van der Waals surface area contributed by atoms with Gasteiger partial charge in [0.2, 0.25) is 0 Å². The van der Waals surface area contributed by atoms with Gasteiger partial charge in [0.1, 0.15) is 4.70 Å². The van der Waals surface area contributed by atoms with Gasteiger partial charge in [-0.3, -0.25) is 9.36 Å². The van der Waals surface area contributed by atoms with Crippen LogP contribution in [-0.4, -0.2) is 9.55 Å². The van der Waals surface area contributed by atoms with Crippen molar-refractivity contribution in [3.8, 4) is 0 Å². The average Bonchev–Trinajstić information content (AvgIpc) is 2.92. The first-order valence-corrected chi connectivity index (χ1v) is 8.14. The Bertz CT molecular complexity index is 885. The molecule has 0 unspecified atom stereocenters. The summed E-state index contributed by atoms with van der Waals surface area (Å²) in [5, 5.41) is 1.90. The Labute approximate surface area is 131 Å². The summed E-state index contributed by atoms with van der Waals surface area (Å²) in [5.74, 6) is 0.507. The number of nitrogens with one attached hydrogen (secondary N) is 1. The fourth-order valence-corrected chi connectivity index (χ4v) is 3.36. The van der Waals surface area contributed by atoms with E-state index in [-0.39, 0.29) is 5.56 Å². The smallest absolute Gasteiger partial charge is 0.272 e. The Hall–Kier alpha value is -1.72. The van der Waals surface area contributed by atoms with Crippen LogP contribution in [0.5, 0.6) is 0 Å². The molecule has 108 valence electrons. The van der Waals surface area contributed by atoms with Crippen LogP contribution in [0, 0.1) is 4.77 Å². The van der Waals surface area contributed by atoms with E-state index in [4.69, 9.17) is 12.2 Å². The van der Waals surface area contributed by atoms with Crippen molar-refractivity contribution in [3.63, 3.8) is 0 Å². The highest BCUT2D eigenvalue weighted by atomic mass is 32.1. The maximum absolute atomic E-state index is 12.5. The maximum atomic E-state index is 12.5. The van der Waals surface area contributed by atoms with E-state index >= 15 is 0 Å². The molecular formula is C16H16N2OS2. The molecule has 0 aliphatic carbocycles. The zero-order valence-corrected chi connectivity index (χ0v) is 13.6. The molecule has 1 aromatic carbocycles. The Morgan fingerprint density at radius 2 is 1.95 bits per heavy atom. The monoisotopic (exact) mass is 316 g/mol. The molecule has 21 heavy (non-hydrogen) atoms. The second kappa shape index (κ2) is 5.58. The summed E-state index contributed by atoms with van der Waals surface area (Å²) in [4.78, 5) is 15.6. The number of benzene rings is 1. The first kappa shape index (κ1) is 14.2. The fourth-order valence-electron chi connectivity index (χ4n) is 2.30. The number of rotatable bonds is 3. The van der Waals surface area contributed by atoms with Gasteiger partial charge >= 0.3 is 0 Å². The molecule has 5 heteroatoms. The second-order valence-corrected chi connectivity index (χ2v) is 6.68. The van der Waals surface area contributed by atoms with Gasteiger partial charge in [0.05, 0.1) is 12.1 Å². The molecule has 0 spiro atoms. The first-order chi connectivity index (χ1) is 10.1. The molecule has 2 aromatic heterocycles. The Kier molecular flexibility index (Phi) is 3.78. The second-order valence-electron chi connectivity index (χ2n) is 5.38. The average molecular weight is 316 g/mol. The quantitative estimate of drug-likeness (QED) is 0.732. The molecule has 0 aliphatic rings. The minimum Gasteiger partial charge on any atom is -0.331 e. The minimum atomic E-state index is -0.0170. The van der Waals surface area contributed by atoms with Crippen LogP contribution in [0.25, 0.3) is 10.2 Å². The summed E-state index contributed by atoms with van der Waals surface area (Å²) >= 11 is 6.75. The lowest BCUT2D eigenvalue weighted by Gasteiger charge is -2.09. The third kappa shape index (κ3) is 2.71. The van der Waals surface area contributed by atoms with E-state index < -0.39 is 0 Å². The predicted molar refractivity (Wildman–Crippen MR) is 90.9 cm³/mol. The predicted octanol–water partition coefficient (Wildman–Crippen LogP) is 4.29. The number of nitrogens with zero attached hydrogens (tertiary/aromatic N) is 1. The summed E-state index contributed by atoms with van der Waals surface area (Å²) in [5.41, 5.74) is 3.18. The molecule has 3 nitrogen and oxygen atoms in total. The van der Waals surface area contributed by atoms with Crippen LogP contribution in [0.2, 0.25) is 0 Å². The Balaban J connectivity index is 2.01. The van der Waals surface area contributed by atoms with Gasteiger partial charge in [0.25, 0.3) is 5.56 Å². The lowest BCUT2D eigenvalue weighted by Crippen LogP contribution is -2.21. The molecule has 0 saturated carbocycles. The maximum Gasteiger partial charge on any atom is 0.272 e. The van der Waals surface area contributed by atoms with Crippen molar-refractivity contribution >= 4 is 33.8 Å². The van der Waals surface area contributed by atoms with Crippen LogP contribution in [0.4, 0.5) is 0 Å².